The molecule has 1 unspecified atom stereocenters. The van der Waals surface area contributed by atoms with Crippen LogP contribution in [0.2, 0.25) is 6.04 Å². The Bertz CT molecular complexity index is 486. The van der Waals surface area contributed by atoms with Crippen LogP contribution in [-0.2, 0) is 37.1 Å². The maximum atomic E-state index is 12.2. The van der Waals surface area contributed by atoms with E-state index in [1.165, 1.54) is 21.3 Å². The number of carbonyl (C=O) groups excluding carboxylic acids is 2. The van der Waals surface area contributed by atoms with Gasteiger partial charge in [-0.2, -0.15) is 26.3 Å². The van der Waals surface area contributed by atoms with Gasteiger partial charge in [-0.1, -0.05) is 0 Å². The third-order valence-electron chi connectivity index (χ3n) is 3.15. The summed E-state index contributed by atoms with van der Waals surface area (Å²) in [5.74, 6) is -5.30. The van der Waals surface area contributed by atoms with Crippen molar-refractivity contribution in [2.45, 2.75) is 30.9 Å². The second kappa shape index (κ2) is 11.5. The molecule has 0 aliphatic rings. The fraction of sp³-hybridized carbons (Fsp3) is 0.846. The number of hydrogen-bond donors (Lipinski definition) is 0. The first-order chi connectivity index (χ1) is 12.8. The van der Waals surface area contributed by atoms with E-state index in [4.69, 9.17) is 18.0 Å². The van der Waals surface area contributed by atoms with Gasteiger partial charge >= 0.3 is 33.1 Å². The minimum absolute atomic E-state index is 0.0991. The molecule has 0 spiro atoms. The first-order valence-corrected chi connectivity index (χ1v) is 9.49. The number of hydrogen-bond acceptors (Lipinski definition) is 8. The molecular formula is C13H20F6O8Si. The largest absolute Gasteiger partial charge is 0.500 e. The van der Waals surface area contributed by atoms with Crippen molar-refractivity contribution in [3.63, 3.8) is 0 Å². The van der Waals surface area contributed by atoms with E-state index in [9.17, 15) is 35.9 Å². The molecular weight excluding hydrogens is 426 g/mol. The minimum Gasteiger partial charge on any atom is -0.455 e. The highest BCUT2D eigenvalue weighted by Gasteiger charge is 2.44. The molecule has 0 saturated heterocycles. The molecule has 8 nitrogen and oxygen atoms in total. The zero-order valence-electron chi connectivity index (χ0n) is 15.1. The lowest BCUT2D eigenvalue weighted by molar-refractivity contribution is -0.216. The number of halogens is 6. The first-order valence-electron chi connectivity index (χ1n) is 7.56. The monoisotopic (exact) mass is 446 g/mol. The lowest BCUT2D eigenvalue weighted by atomic mass is 10.4. The minimum atomic E-state index is -5.38. The zero-order valence-corrected chi connectivity index (χ0v) is 16.1. The summed E-state index contributed by atoms with van der Waals surface area (Å²) in [6.07, 6.45) is -12.4. The Morgan fingerprint density at radius 1 is 0.857 bits per heavy atom. The highest BCUT2D eigenvalue weighted by Crippen LogP contribution is 2.20. The van der Waals surface area contributed by atoms with Gasteiger partial charge in [0.2, 0.25) is 0 Å². The molecule has 0 aliphatic heterocycles. The number of alkyl halides is 6. The predicted octanol–water partition coefficient (Wildman–Crippen LogP) is 1.85. The summed E-state index contributed by atoms with van der Waals surface area (Å²) in [4.78, 5) is 21.5. The van der Waals surface area contributed by atoms with Crippen molar-refractivity contribution in [2.24, 2.45) is 0 Å². The van der Waals surface area contributed by atoms with Crippen LogP contribution >= 0.6 is 0 Å². The van der Waals surface area contributed by atoms with Gasteiger partial charge < -0.3 is 27.5 Å². The summed E-state index contributed by atoms with van der Waals surface area (Å²) in [7, 11) is 1.18. The molecule has 0 bridgehead atoms. The topological polar surface area (TPSA) is 89.5 Å². The molecule has 0 heterocycles. The van der Waals surface area contributed by atoms with Gasteiger partial charge in [0.15, 0.2) is 6.10 Å². The molecule has 0 aliphatic carbocycles. The lowest BCUT2D eigenvalue weighted by Gasteiger charge is -2.24. The van der Waals surface area contributed by atoms with Crippen LogP contribution in [0.15, 0.2) is 0 Å². The number of carbonyl (C=O) groups is 2. The van der Waals surface area contributed by atoms with Crippen LogP contribution in [0.4, 0.5) is 26.3 Å². The molecule has 0 rings (SSSR count). The van der Waals surface area contributed by atoms with Crippen molar-refractivity contribution in [2.75, 3.05) is 41.2 Å². The van der Waals surface area contributed by atoms with Crippen molar-refractivity contribution in [1.82, 2.24) is 0 Å². The van der Waals surface area contributed by atoms with Crippen molar-refractivity contribution < 1.29 is 63.4 Å². The maximum absolute atomic E-state index is 12.2. The van der Waals surface area contributed by atoms with Gasteiger partial charge in [-0.25, -0.2) is 9.59 Å². The Balaban J connectivity index is 4.64. The first kappa shape index (κ1) is 26.6. The van der Waals surface area contributed by atoms with E-state index in [0.717, 1.165) is 0 Å². The van der Waals surface area contributed by atoms with E-state index >= 15 is 0 Å². The lowest BCUT2D eigenvalue weighted by Crippen LogP contribution is -2.42. The molecule has 0 aromatic carbocycles. The van der Waals surface area contributed by atoms with Crippen LogP contribution in [0.3, 0.4) is 0 Å². The number of ether oxygens (including phenoxy) is 3. The van der Waals surface area contributed by atoms with Crippen molar-refractivity contribution in [3.8, 4) is 0 Å². The summed E-state index contributed by atoms with van der Waals surface area (Å²) >= 11 is 0. The van der Waals surface area contributed by atoms with Gasteiger partial charge in [0.1, 0.15) is 6.61 Å². The quantitative estimate of drug-likeness (QED) is 0.194. The molecule has 0 saturated carbocycles. The van der Waals surface area contributed by atoms with E-state index in [0.29, 0.717) is 0 Å². The van der Waals surface area contributed by atoms with Crippen LogP contribution < -0.4 is 0 Å². The molecule has 15 heteroatoms. The Kier molecular flexibility index (Phi) is 11.0. The standard InChI is InChI=1S/C13H20F6O8Si/c1-22-28(23-2,24-3)6-4-5-25-7-9(27-11(21)13(17,18)19)8-26-10(20)12(14,15)16/h9H,4-8H2,1-3H3. The molecule has 166 valence electrons. The summed E-state index contributed by atoms with van der Waals surface area (Å²) in [6.45, 7) is -2.11. The van der Waals surface area contributed by atoms with Crippen LogP contribution in [-0.4, -0.2) is 80.3 Å². The molecule has 0 fully saturated rings. The van der Waals surface area contributed by atoms with E-state index in [1.54, 1.807) is 0 Å². The molecule has 0 amide bonds. The van der Waals surface area contributed by atoms with Gasteiger partial charge in [-0.05, 0) is 6.42 Å². The Hall–Kier alpha value is -1.42. The zero-order chi connectivity index (χ0) is 22.0. The number of rotatable bonds is 12. The molecule has 1 atom stereocenters. The fourth-order valence-electron chi connectivity index (χ4n) is 1.75. The summed E-state index contributed by atoms with van der Waals surface area (Å²) in [6, 6.07) is 0.270. The normalized spacial score (nSPS) is 13.9. The van der Waals surface area contributed by atoms with Crippen molar-refractivity contribution in [3.05, 3.63) is 0 Å². The SMILES string of the molecule is CO[Si](CCCOCC(COC(=O)C(F)(F)F)OC(=O)C(F)(F)F)(OC)OC. The summed E-state index contributed by atoms with van der Waals surface area (Å²) < 4.78 is 101. The van der Waals surface area contributed by atoms with E-state index < -0.39 is 52.4 Å². The summed E-state index contributed by atoms with van der Waals surface area (Å²) in [5, 5.41) is 0. The van der Waals surface area contributed by atoms with Crippen LogP contribution in [0, 0.1) is 0 Å². The predicted molar refractivity (Wildman–Crippen MR) is 80.0 cm³/mol. The van der Waals surface area contributed by atoms with Gasteiger partial charge in [0, 0.05) is 34.0 Å². The summed E-state index contributed by atoms with van der Waals surface area (Å²) in [5.41, 5.74) is 0. The van der Waals surface area contributed by atoms with E-state index in [1.807, 2.05) is 0 Å². The average Bonchev–Trinajstić information content (AvgIpc) is 2.60. The Morgan fingerprint density at radius 2 is 1.36 bits per heavy atom. The molecule has 0 N–H and O–H groups in total. The van der Waals surface area contributed by atoms with Gasteiger partial charge in [0.05, 0.1) is 6.61 Å². The molecule has 0 radical (unpaired) electrons. The second-order valence-electron chi connectivity index (χ2n) is 5.10. The molecule has 0 aromatic rings. The average molecular weight is 446 g/mol. The number of esters is 2. The van der Waals surface area contributed by atoms with Gasteiger partial charge in [-0.15, -0.1) is 0 Å². The Labute approximate surface area is 157 Å². The van der Waals surface area contributed by atoms with E-state index in [2.05, 4.69) is 9.47 Å². The second-order valence-corrected chi connectivity index (χ2v) is 8.19. The third kappa shape index (κ3) is 9.68. The van der Waals surface area contributed by atoms with Gasteiger partial charge in [-0.3, -0.25) is 0 Å². The third-order valence-corrected chi connectivity index (χ3v) is 5.98. The molecule has 28 heavy (non-hydrogen) atoms. The van der Waals surface area contributed by atoms with Crippen LogP contribution in [0.25, 0.3) is 0 Å². The van der Waals surface area contributed by atoms with Crippen LogP contribution in [0.5, 0.6) is 0 Å². The highest BCUT2D eigenvalue weighted by molar-refractivity contribution is 6.60. The van der Waals surface area contributed by atoms with E-state index in [-0.39, 0.29) is 19.1 Å². The van der Waals surface area contributed by atoms with Crippen LogP contribution in [0.1, 0.15) is 6.42 Å². The van der Waals surface area contributed by atoms with Gasteiger partial charge in [0.25, 0.3) is 0 Å². The smallest absolute Gasteiger partial charge is 0.455 e. The maximum Gasteiger partial charge on any atom is 0.500 e. The Morgan fingerprint density at radius 3 is 1.79 bits per heavy atom. The highest BCUT2D eigenvalue weighted by atomic mass is 28.4. The molecule has 0 aromatic heterocycles. The van der Waals surface area contributed by atoms with Crippen molar-refractivity contribution >= 4 is 20.7 Å². The van der Waals surface area contributed by atoms with Crippen molar-refractivity contribution in [1.29, 1.82) is 0 Å². The fourth-order valence-corrected chi connectivity index (χ4v) is 3.44.